The Kier molecular flexibility index (Phi) is 10.9. The van der Waals surface area contributed by atoms with Gasteiger partial charge in [0, 0.05) is 0 Å². The quantitative estimate of drug-likeness (QED) is 0.297. The fourth-order valence-corrected chi connectivity index (χ4v) is 2.39. The molecule has 0 saturated heterocycles. The second-order valence-electron chi connectivity index (χ2n) is 3.85. The van der Waals surface area contributed by atoms with Gasteiger partial charge in [0.1, 0.15) is 0 Å². The van der Waals surface area contributed by atoms with E-state index in [9.17, 15) is 0 Å². The molecule has 2 aliphatic rings. The summed E-state index contributed by atoms with van der Waals surface area (Å²) in [5, 5.41) is 0. The van der Waals surface area contributed by atoms with E-state index < -0.39 is 0 Å². The van der Waals surface area contributed by atoms with Gasteiger partial charge in [-0.25, -0.2) is 17.6 Å². The van der Waals surface area contributed by atoms with Gasteiger partial charge < -0.3 is 14.1 Å². The zero-order valence-corrected chi connectivity index (χ0v) is 10.5. The van der Waals surface area contributed by atoms with E-state index in [1.54, 1.807) is 11.5 Å². The van der Waals surface area contributed by atoms with Gasteiger partial charge in [-0.2, -0.15) is 0 Å². The van der Waals surface area contributed by atoms with Gasteiger partial charge in [-0.1, -0.05) is 19.3 Å². The van der Waals surface area contributed by atoms with Crippen LogP contribution in [-0.4, -0.2) is 0 Å². The number of fused-ring (bicyclic) bond motifs is 1. The van der Waals surface area contributed by atoms with Crippen molar-refractivity contribution >= 4 is 0 Å². The van der Waals surface area contributed by atoms with Gasteiger partial charge in [0.2, 0.25) is 0 Å². The van der Waals surface area contributed by atoms with Crippen LogP contribution in [0, 0.1) is 17.8 Å². The number of hydrogen-bond donors (Lipinski definition) is 0. The average Bonchev–Trinajstić information content (AvgIpc) is 2.30. The number of allylic oxidation sites excluding steroid dienone is 4. The molecule has 0 spiro atoms. The van der Waals surface area contributed by atoms with Crippen LogP contribution in [0.25, 0.3) is 0 Å². The molecule has 0 nitrogen and oxygen atoms in total. The molecule has 0 N–H and O–H groups in total. The zero-order chi connectivity index (χ0) is 7.84. The summed E-state index contributed by atoms with van der Waals surface area (Å²) in [6.45, 7) is 4.65. The van der Waals surface area contributed by atoms with Gasteiger partial charge in [-0.05, 0) is 12.3 Å². The minimum Gasteiger partial charge on any atom is -1.00 e. The summed E-state index contributed by atoms with van der Waals surface area (Å²) in [5.74, 6) is 3.35. The first kappa shape index (κ1) is 20.3. The van der Waals surface area contributed by atoms with Crippen LogP contribution in [0.4, 0.5) is 0 Å². The van der Waals surface area contributed by atoms with Gasteiger partial charge in [0.15, 0.2) is 0 Å². The third kappa shape index (κ3) is 3.73. The van der Waals surface area contributed by atoms with Crippen molar-refractivity contribution in [3.05, 3.63) is 29.7 Å². The van der Waals surface area contributed by atoms with Crippen LogP contribution >= 0.6 is 0 Å². The van der Waals surface area contributed by atoms with Crippen LogP contribution in [0.2, 0.25) is 0 Å². The summed E-state index contributed by atoms with van der Waals surface area (Å²) in [7, 11) is 0. The van der Waals surface area contributed by atoms with Crippen molar-refractivity contribution in [2.75, 3.05) is 0 Å². The predicted octanol–water partition coefficient (Wildman–Crippen LogP) is -5.87. The van der Waals surface area contributed by atoms with Gasteiger partial charge in [-0.3, -0.25) is 0 Å². The van der Waals surface area contributed by atoms with E-state index in [1.807, 2.05) is 0 Å². The molecule has 1 fully saturated rings. The third-order valence-corrected chi connectivity index (χ3v) is 3.01. The molecule has 0 amide bonds. The molecular formula is C11H15F3Ti. The van der Waals surface area contributed by atoms with E-state index >= 15 is 0 Å². The molecule has 0 aromatic rings. The van der Waals surface area contributed by atoms with Crippen molar-refractivity contribution < 1.29 is 35.8 Å². The Morgan fingerprint density at radius 3 is 2.40 bits per heavy atom. The maximum atomic E-state index is 2.37. The molecule has 1 saturated carbocycles. The van der Waals surface area contributed by atoms with Crippen molar-refractivity contribution in [3.8, 4) is 0 Å². The van der Waals surface area contributed by atoms with E-state index in [4.69, 9.17) is 0 Å². The molecule has 4 heteroatoms. The molecule has 2 aliphatic carbocycles. The SMILES string of the molecule is C[C-]1CC(C)C2CC=CC=C12.[F-].[F-].[F-].[Ti+4]. The maximum absolute atomic E-state index is 2.37. The van der Waals surface area contributed by atoms with E-state index in [0.29, 0.717) is 0 Å². The number of rotatable bonds is 0. The first-order valence-corrected chi connectivity index (χ1v) is 4.48. The topological polar surface area (TPSA) is 0 Å². The molecule has 0 aliphatic heterocycles. The number of halogens is 3. The van der Waals surface area contributed by atoms with Crippen LogP contribution in [0.5, 0.6) is 0 Å². The van der Waals surface area contributed by atoms with Crippen molar-refractivity contribution in [3.63, 3.8) is 0 Å². The molecule has 15 heavy (non-hydrogen) atoms. The Hall–Kier alpha value is -0.146. The van der Waals surface area contributed by atoms with Crippen molar-refractivity contribution in [1.29, 1.82) is 0 Å². The second-order valence-corrected chi connectivity index (χ2v) is 3.85. The monoisotopic (exact) mass is 252 g/mol. The minimum atomic E-state index is 0. The second kappa shape index (κ2) is 8.06. The summed E-state index contributed by atoms with van der Waals surface area (Å²) in [4.78, 5) is 0. The summed E-state index contributed by atoms with van der Waals surface area (Å²) in [5.41, 5.74) is 1.63. The molecule has 0 heterocycles. The van der Waals surface area contributed by atoms with Crippen LogP contribution in [0.1, 0.15) is 26.7 Å². The van der Waals surface area contributed by atoms with Crippen molar-refractivity contribution in [2.45, 2.75) is 26.7 Å². The molecule has 2 atom stereocenters. The van der Waals surface area contributed by atoms with Crippen LogP contribution in [0.3, 0.4) is 0 Å². The standard InChI is InChI=1S/C11H15.3FH.Ti/c1-8-7-9(2)11-6-4-3-5-10(8)11;;;;/h3-5,9,11H,6-7H2,1-2H3;3*1H;/q-1;;;;+4/p-3. The van der Waals surface area contributed by atoms with E-state index in [2.05, 4.69) is 32.1 Å². The molecule has 0 aromatic carbocycles. The summed E-state index contributed by atoms with van der Waals surface area (Å²) in [6, 6.07) is 0. The van der Waals surface area contributed by atoms with E-state index in [1.165, 1.54) is 12.8 Å². The van der Waals surface area contributed by atoms with Gasteiger partial charge in [-0.15, -0.1) is 19.1 Å². The summed E-state index contributed by atoms with van der Waals surface area (Å²) in [6.07, 6.45) is 9.38. The predicted molar refractivity (Wildman–Crippen MR) is 48.0 cm³/mol. The zero-order valence-electron chi connectivity index (χ0n) is 8.93. The Balaban J connectivity index is -0.000000360. The fourth-order valence-electron chi connectivity index (χ4n) is 2.39. The van der Waals surface area contributed by atoms with Crippen molar-refractivity contribution in [2.24, 2.45) is 11.8 Å². The maximum Gasteiger partial charge on any atom is 4.00 e. The fraction of sp³-hybridized carbons (Fsp3) is 0.545. The molecule has 0 radical (unpaired) electrons. The third-order valence-electron chi connectivity index (χ3n) is 3.01. The van der Waals surface area contributed by atoms with Crippen LogP contribution in [-0.2, 0) is 21.7 Å². The molecule has 0 aromatic heterocycles. The molecule has 0 bridgehead atoms. The Morgan fingerprint density at radius 2 is 1.87 bits per heavy atom. The van der Waals surface area contributed by atoms with Crippen molar-refractivity contribution in [1.82, 2.24) is 0 Å². The molecule has 2 rings (SSSR count). The first-order valence-electron chi connectivity index (χ1n) is 4.48. The van der Waals surface area contributed by atoms with Gasteiger partial charge >= 0.3 is 21.7 Å². The normalized spacial score (nSPS) is 26.0. The Morgan fingerprint density at radius 1 is 1.27 bits per heavy atom. The Bertz CT molecular complexity index is 226. The minimum absolute atomic E-state index is 0. The smallest absolute Gasteiger partial charge is 1.00 e. The van der Waals surface area contributed by atoms with E-state index in [0.717, 1.165) is 11.8 Å². The summed E-state index contributed by atoms with van der Waals surface area (Å²) >= 11 is 0. The van der Waals surface area contributed by atoms with E-state index in [-0.39, 0.29) is 35.8 Å². The van der Waals surface area contributed by atoms with Gasteiger partial charge in [0.25, 0.3) is 0 Å². The average molecular weight is 252 g/mol. The molecule has 2 unspecified atom stereocenters. The van der Waals surface area contributed by atoms with Gasteiger partial charge in [0.05, 0.1) is 0 Å². The van der Waals surface area contributed by atoms with Crippen LogP contribution < -0.4 is 14.1 Å². The summed E-state index contributed by atoms with van der Waals surface area (Å²) < 4.78 is 0. The molecule has 84 valence electrons. The number of hydrogen-bond acceptors (Lipinski definition) is 0. The first-order chi connectivity index (χ1) is 5.29. The molecular weight excluding hydrogens is 237 g/mol. The van der Waals surface area contributed by atoms with Crippen LogP contribution in [0.15, 0.2) is 23.8 Å². The largest absolute Gasteiger partial charge is 4.00 e. The Labute approximate surface area is 104 Å².